The number of carbonyl (C=O) groups excluding carboxylic acids is 1. The molecule has 0 atom stereocenters. The van der Waals surface area contributed by atoms with E-state index in [2.05, 4.69) is 20.4 Å². The maximum absolute atomic E-state index is 12.9. The van der Waals surface area contributed by atoms with Crippen molar-refractivity contribution in [3.05, 3.63) is 83.5 Å². The molecule has 2 aromatic carbocycles. The number of aromatic nitrogens is 3. The van der Waals surface area contributed by atoms with Gasteiger partial charge in [-0.15, -0.1) is 0 Å². The molecule has 1 amide bonds. The van der Waals surface area contributed by atoms with E-state index in [0.29, 0.717) is 34.1 Å². The van der Waals surface area contributed by atoms with Crippen molar-refractivity contribution in [2.75, 3.05) is 5.32 Å². The van der Waals surface area contributed by atoms with E-state index in [9.17, 15) is 4.79 Å². The van der Waals surface area contributed by atoms with Crippen LogP contribution in [-0.2, 0) is 0 Å². The maximum Gasteiger partial charge on any atom is 0.249 e. The molecular formula is C20H15N5O. The molecule has 4 aromatic rings. The van der Waals surface area contributed by atoms with Crippen LogP contribution < -0.4 is 5.32 Å². The lowest BCUT2D eigenvalue weighted by molar-refractivity contribution is 0.102. The molecule has 0 aliphatic carbocycles. The predicted molar refractivity (Wildman–Crippen MR) is 100 cm³/mol. The first-order chi connectivity index (χ1) is 12.7. The summed E-state index contributed by atoms with van der Waals surface area (Å²) in [6.07, 6.45) is 0. The molecule has 0 radical (unpaired) electrons. The fraction of sp³-hybridized carbons (Fsp3) is 0.0500. The van der Waals surface area contributed by atoms with Crippen molar-refractivity contribution in [2.24, 2.45) is 0 Å². The van der Waals surface area contributed by atoms with E-state index in [0.717, 1.165) is 5.56 Å². The van der Waals surface area contributed by atoms with Gasteiger partial charge in [-0.2, -0.15) is 5.10 Å². The zero-order valence-corrected chi connectivity index (χ0v) is 14.0. The number of H-pyrrole nitrogens is 1. The number of hydrogen-bond acceptors (Lipinski definition) is 2. The van der Waals surface area contributed by atoms with Crippen LogP contribution in [0.5, 0.6) is 0 Å². The van der Waals surface area contributed by atoms with Crippen LogP contribution in [-0.4, -0.2) is 20.5 Å². The van der Waals surface area contributed by atoms with Crippen LogP contribution in [0.1, 0.15) is 16.2 Å². The first-order valence-corrected chi connectivity index (χ1v) is 8.09. The average Bonchev–Trinajstić information content (AvgIpc) is 3.20. The van der Waals surface area contributed by atoms with E-state index in [4.69, 9.17) is 6.57 Å². The SMILES string of the molecule is [C-]#[N+]c1c(C(=O)Nc2ccccc2)c2[nH]nc(C)n2c1-c1ccccc1. The van der Waals surface area contributed by atoms with Gasteiger partial charge in [0.05, 0.1) is 17.8 Å². The van der Waals surface area contributed by atoms with Crippen LogP contribution in [0.4, 0.5) is 11.4 Å². The molecule has 0 unspecified atom stereocenters. The quantitative estimate of drug-likeness (QED) is 0.541. The van der Waals surface area contributed by atoms with Gasteiger partial charge in [-0.25, -0.2) is 4.85 Å². The van der Waals surface area contributed by atoms with Crippen LogP contribution in [0.15, 0.2) is 60.7 Å². The van der Waals surface area contributed by atoms with Crippen molar-refractivity contribution in [3.63, 3.8) is 0 Å². The first kappa shape index (κ1) is 15.7. The van der Waals surface area contributed by atoms with Gasteiger partial charge in [-0.05, 0) is 24.6 Å². The number of nitrogens with zero attached hydrogens (tertiary/aromatic N) is 3. The number of amides is 1. The molecule has 0 saturated heterocycles. The van der Waals surface area contributed by atoms with E-state index < -0.39 is 0 Å². The molecule has 6 nitrogen and oxygen atoms in total. The lowest BCUT2D eigenvalue weighted by Gasteiger charge is -2.05. The second kappa shape index (κ2) is 6.22. The minimum atomic E-state index is -0.342. The lowest BCUT2D eigenvalue weighted by atomic mass is 10.1. The predicted octanol–water partition coefficient (Wildman–Crippen LogP) is 4.44. The topological polar surface area (TPSA) is 66.5 Å². The Hall–Kier alpha value is -3.85. The number of para-hydroxylation sites is 1. The molecule has 0 aliphatic rings. The second-order valence-electron chi connectivity index (χ2n) is 5.83. The van der Waals surface area contributed by atoms with Crippen LogP contribution in [0.3, 0.4) is 0 Å². The van der Waals surface area contributed by atoms with Crippen molar-refractivity contribution < 1.29 is 4.79 Å². The fourth-order valence-corrected chi connectivity index (χ4v) is 3.07. The van der Waals surface area contributed by atoms with Gasteiger partial charge in [0.1, 0.15) is 11.5 Å². The van der Waals surface area contributed by atoms with E-state index in [1.54, 1.807) is 12.1 Å². The van der Waals surface area contributed by atoms with Crippen LogP contribution >= 0.6 is 0 Å². The summed E-state index contributed by atoms with van der Waals surface area (Å²) >= 11 is 0. The molecule has 2 N–H and O–H groups in total. The summed E-state index contributed by atoms with van der Waals surface area (Å²) in [4.78, 5) is 16.6. The Bertz CT molecular complexity index is 1130. The zero-order valence-electron chi connectivity index (χ0n) is 14.0. The number of benzene rings is 2. The third-order valence-electron chi connectivity index (χ3n) is 4.21. The number of hydrogen-bond donors (Lipinski definition) is 2. The highest BCUT2D eigenvalue weighted by Gasteiger charge is 2.27. The van der Waals surface area contributed by atoms with Crippen molar-refractivity contribution in [1.29, 1.82) is 0 Å². The van der Waals surface area contributed by atoms with Crippen LogP contribution in [0.2, 0.25) is 0 Å². The number of fused-ring (bicyclic) bond motifs is 1. The lowest BCUT2D eigenvalue weighted by Crippen LogP contribution is -2.11. The number of aryl methyl sites for hydroxylation is 1. The van der Waals surface area contributed by atoms with Crippen LogP contribution in [0.25, 0.3) is 21.7 Å². The van der Waals surface area contributed by atoms with Crippen molar-refractivity contribution in [3.8, 4) is 11.3 Å². The number of aromatic amines is 1. The van der Waals surface area contributed by atoms with Crippen molar-refractivity contribution >= 4 is 22.9 Å². The van der Waals surface area contributed by atoms with E-state index in [-0.39, 0.29) is 5.91 Å². The van der Waals surface area contributed by atoms with E-state index >= 15 is 0 Å². The van der Waals surface area contributed by atoms with Gasteiger partial charge in [-0.1, -0.05) is 48.5 Å². The Balaban J connectivity index is 1.93. The van der Waals surface area contributed by atoms with E-state index in [1.165, 1.54) is 0 Å². The first-order valence-electron chi connectivity index (χ1n) is 8.09. The fourth-order valence-electron chi connectivity index (χ4n) is 3.07. The Labute approximate surface area is 149 Å². The Morgan fingerprint density at radius 2 is 1.77 bits per heavy atom. The van der Waals surface area contributed by atoms with E-state index in [1.807, 2.05) is 59.9 Å². The van der Waals surface area contributed by atoms with Gasteiger partial charge < -0.3 is 5.32 Å². The highest BCUT2D eigenvalue weighted by atomic mass is 16.1. The van der Waals surface area contributed by atoms with Crippen molar-refractivity contribution in [1.82, 2.24) is 14.6 Å². The summed E-state index contributed by atoms with van der Waals surface area (Å²) < 4.78 is 1.82. The van der Waals surface area contributed by atoms with Crippen molar-refractivity contribution in [2.45, 2.75) is 6.92 Å². The molecule has 0 spiro atoms. The molecule has 6 heteroatoms. The maximum atomic E-state index is 12.9. The largest absolute Gasteiger partial charge is 0.323 e. The Morgan fingerprint density at radius 3 is 2.42 bits per heavy atom. The monoisotopic (exact) mass is 341 g/mol. The molecule has 126 valence electrons. The van der Waals surface area contributed by atoms with Gasteiger partial charge in [-0.3, -0.25) is 14.3 Å². The highest BCUT2D eigenvalue weighted by Crippen LogP contribution is 2.39. The highest BCUT2D eigenvalue weighted by molar-refractivity contribution is 6.15. The molecular weight excluding hydrogens is 326 g/mol. The van der Waals surface area contributed by atoms with Gasteiger partial charge >= 0.3 is 0 Å². The third kappa shape index (κ3) is 2.43. The molecule has 0 aliphatic heterocycles. The molecule has 26 heavy (non-hydrogen) atoms. The summed E-state index contributed by atoms with van der Waals surface area (Å²) in [5.41, 5.74) is 3.31. The van der Waals surface area contributed by atoms with Gasteiger partial charge in [0.25, 0.3) is 0 Å². The Kier molecular flexibility index (Phi) is 3.75. The molecule has 2 aromatic heterocycles. The molecule has 4 rings (SSSR count). The Morgan fingerprint density at radius 1 is 1.12 bits per heavy atom. The number of anilines is 1. The van der Waals surface area contributed by atoms with Gasteiger partial charge in [0, 0.05) is 5.69 Å². The minimum absolute atomic E-state index is 0.295. The number of nitrogens with one attached hydrogen (secondary N) is 2. The molecule has 0 fully saturated rings. The molecule has 0 bridgehead atoms. The standard InChI is InChI=1S/C20H15N5O/c1-13-23-24-19-16(20(26)22-15-11-7-4-8-12-15)17(21-2)18(25(13)19)14-9-5-3-6-10-14/h3-12,24H,1H3,(H,22,26). The summed E-state index contributed by atoms with van der Waals surface area (Å²) in [5, 5.41) is 9.98. The summed E-state index contributed by atoms with van der Waals surface area (Å²) in [6, 6.07) is 18.7. The third-order valence-corrected chi connectivity index (χ3v) is 4.21. The van der Waals surface area contributed by atoms with Crippen LogP contribution in [0, 0.1) is 13.5 Å². The second-order valence-corrected chi connectivity index (χ2v) is 5.83. The summed E-state index contributed by atoms with van der Waals surface area (Å²) in [7, 11) is 0. The summed E-state index contributed by atoms with van der Waals surface area (Å²) in [6.45, 7) is 9.52. The molecule has 2 heterocycles. The number of carbonyl (C=O) groups is 1. The minimum Gasteiger partial charge on any atom is -0.323 e. The normalized spacial score (nSPS) is 10.6. The van der Waals surface area contributed by atoms with Gasteiger partial charge in [0.15, 0.2) is 0 Å². The van der Waals surface area contributed by atoms with Gasteiger partial charge in [0.2, 0.25) is 11.6 Å². The summed E-state index contributed by atoms with van der Waals surface area (Å²) in [5.74, 6) is 0.341. The average molecular weight is 341 g/mol. The molecule has 0 saturated carbocycles. The smallest absolute Gasteiger partial charge is 0.249 e. The number of rotatable bonds is 3. The zero-order chi connectivity index (χ0) is 18.1.